The van der Waals surface area contributed by atoms with Gasteiger partial charge in [-0.1, -0.05) is 0 Å². The van der Waals surface area contributed by atoms with Crippen LogP contribution in [0.3, 0.4) is 0 Å². The molecule has 0 bridgehead atoms. The number of aromatic amines is 1. The van der Waals surface area contributed by atoms with E-state index in [0.717, 1.165) is 18.9 Å². The molecule has 108 valence electrons. The maximum Gasteiger partial charge on any atom is 0.276 e. The molecule has 0 atom stereocenters. The third kappa shape index (κ3) is 3.07. The van der Waals surface area contributed by atoms with E-state index in [1.807, 2.05) is 12.1 Å². The number of carbonyl (C=O) groups is 1. The number of anilines is 2. The molecule has 1 aliphatic rings. The zero-order valence-corrected chi connectivity index (χ0v) is 11.4. The SMILES string of the molecule is O=C(Nc1ccc(N2CCCC2)nc1)c1ccc(=O)[nH]n1. The first kappa shape index (κ1) is 13.3. The second kappa shape index (κ2) is 5.74. The molecule has 0 unspecified atom stereocenters. The van der Waals surface area contributed by atoms with Crippen molar-refractivity contribution >= 4 is 17.4 Å². The van der Waals surface area contributed by atoms with Gasteiger partial charge in [0.25, 0.3) is 11.5 Å². The average Bonchev–Trinajstić information content (AvgIpc) is 3.03. The van der Waals surface area contributed by atoms with Crippen molar-refractivity contribution in [2.24, 2.45) is 0 Å². The highest BCUT2D eigenvalue weighted by molar-refractivity contribution is 6.02. The number of nitrogens with zero attached hydrogens (tertiary/aromatic N) is 3. The molecule has 1 amide bonds. The van der Waals surface area contributed by atoms with Crippen LogP contribution >= 0.6 is 0 Å². The van der Waals surface area contributed by atoms with Crippen LogP contribution in [0.15, 0.2) is 35.3 Å². The Labute approximate surface area is 121 Å². The van der Waals surface area contributed by atoms with Crippen LogP contribution in [0.1, 0.15) is 23.3 Å². The lowest BCUT2D eigenvalue weighted by Gasteiger charge is -2.16. The molecule has 0 spiro atoms. The van der Waals surface area contributed by atoms with E-state index in [1.165, 1.54) is 25.0 Å². The topological polar surface area (TPSA) is 91.0 Å². The molecule has 7 heteroatoms. The van der Waals surface area contributed by atoms with Gasteiger partial charge in [0.05, 0.1) is 11.9 Å². The van der Waals surface area contributed by atoms with Gasteiger partial charge in [0, 0.05) is 19.2 Å². The van der Waals surface area contributed by atoms with E-state index in [9.17, 15) is 9.59 Å². The summed E-state index contributed by atoms with van der Waals surface area (Å²) in [6, 6.07) is 6.34. The Bertz CT molecular complexity index is 669. The minimum absolute atomic E-state index is 0.151. The van der Waals surface area contributed by atoms with Gasteiger partial charge in [0.15, 0.2) is 0 Å². The summed E-state index contributed by atoms with van der Waals surface area (Å²) in [5.41, 5.74) is 0.400. The molecule has 2 N–H and O–H groups in total. The van der Waals surface area contributed by atoms with Gasteiger partial charge in [-0.05, 0) is 31.0 Å². The zero-order valence-electron chi connectivity index (χ0n) is 11.4. The van der Waals surface area contributed by atoms with E-state index < -0.39 is 0 Å². The maximum absolute atomic E-state index is 11.9. The lowest BCUT2D eigenvalue weighted by Crippen LogP contribution is -2.19. The molecule has 1 saturated heterocycles. The van der Waals surface area contributed by atoms with Gasteiger partial charge in [0.1, 0.15) is 11.5 Å². The van der Waals surface area contributed by atoms with Gasteiger partial charge in [-0.15, -0.1) is 0 Å². The van der Waals surface area contributed by atoms with Crippen LogP contribution < -0.4 is 15.8 Å². The van der Waals surface area contributed by atoms with E-state index in [2.05, 4.69) is 25.4 Å². The Morgan fingerprint density at radius 1 is 1.19 bits per heavy atom. The molecule has 0 aliphatic carbocycles. The van der Waals surface area contributed by atoms with E-state index >= 15 is 0 Å². The van der Waals surface area contributed by atoms with E-state index in [1.54, 1.807) is 6.20 Å². The Morgan fingerprint density at radius 2 is 2.00 bits per heavy atom. The van der Waals surface area contributed by atoms with Crippen molar-refractivity contribution in [1.29, 1.82) is 0 Å². The number of hydrogen-bond donors (Lipinski definition) is 2. The van der Waals surface area contributed by atoms with Crippen molar-refractivity contribution in [2.45, 2.75) is 12.8 Å². The monoisotopic (exact) mass is 285 g/mol. The summed E-state index contributed by atoms with van der Waals surface area (Å²) in [4.78, 5) is 29.4. The summed E-state index contributed by atoms with van der Waals surface area (Å²) in [5.74, 6) is 0.537. The molecule has 0 saturated carbocycles. The van der Waals surface area contributed by atoms with Gasteiger partial charge in [-0.25, -0.2) is 10.1 Å². The number of rotatable bonds is 3. The molecule has 3 rings (SSSR count). The molecule has 3 heterocycles. The maximum atomic E-state index is 11.9. The van der Waals surface area contributed by atoms with Crippen LogP contribution in [0, 0.1) is 0 Å². The normalized spacial score (nSPS) is 14.2. The van der Waals surface area contributed by atoms with Gasteiger partial charge in [-0.2, -0.15) is 5.10 Å². The highest BCUT2D eigenvalue weighted by Crippen LogP contribution is 2.19. The van der Waals surface area contributed by atoms with Crippen molar-refractivity contribution in [1.82, 2.24) is 15.2 Å². The fourth-order valence-corrected chi connectivity index (χ4v) is 2.26. The van der Waals surface area contributed by atoms with Crippen molar-refractivity contribution in [3.63, 3.8) is 0 Å². The molecule has 2 aromatic rings. The summed E-state index contributed by atoms with van der Waals surface area (Å²) >= 11 is 0. The quantitative estimate of drug-likeness (QED) is 0.878. The Morgan fingerprint density at radius 3 is 2.62 bits per heavy atom. The van der Waals surface area contributed by atoms with E-state index in [4.69, 9.17) is 0 Å². The lowest BCUT2D eigenvalue weighted by atomic mass is 10.3. The number of H-pyrrole nitrogens is 1. The summed E-state index contributed by atoms with van der Waals surface area (Å²) in [6.45, 7) is 2.06. The lowest BCUT2D eigenvalue weighted by molar-refractivity contribution is 0.102. The molecule has 0 radical (unpaired) electrons. The Hall–Kier alpha value is -2.70. The first-order chi connectivity index (χ1) is 10.2. The van der Waals surface area contributed by atoms with E-state index in [0.29, 0.717) is 5.69 Å². The van der Waals surface area contributed by atoms with Crippen molar-refractivity contribution < 1.29 is 4.79 Å². The Kier molecular flexibility index (Phi) is 3.63. The fraction of sp³-hybridized carbons (Fsp3) is 0.286. The first-order valence-electron chi connectivity index (χ1n) is 6.80. The zero-order chi connectivity index (χ0) is 14.7. The standard InChI is InChI=1S/C14H15N5O2/c20-13-6-4-11(17-18-13)14(21)16-10-3-5-12(15-9-10)19-7-1-2-8-19/h3-6,9H,1-2,7-8H2,(H,16,21)(H,18,20). The fourth-order valence-electron chi connectivity index (χ4n) is 2.26. The molecule has 1 aliphatic heterocycles. The number of amides is 1. The largest absolute Gasteiger partial charge is 0.357 e. The highest BCUT2D eigenvalue weighted by Gasteiger charge is 2.13. The number of carbonyl (C=O) groups excluding carboxylic acids is 1. The van der Waals surface area contributed by atoms with Crippen LogP contribution in [0.4, 0.5) is 11.5 Å². The molecule has 7 nitrogen and oxygen atoms in total. The van der Waals surface area contributed by atoms with Crippen molar-refractivity contribution in [2.75, 3.05) is 23.3 Å². The predicted molar refractivity (Wildman–Crippen MR) is 78.5 cm³/mol. The summed E-state index contributed by atoms with van der Waals surface area (Å²) in [6.07, 6.45) is 4.01. The second-order valence-electron chi connectivity index (χ2n) is 4.86. The van der Waals surface area contributed by atoms with E-state index in [-0.39, 0.29) is 17.2 Å². The molecular weight excluding hydrogens is 270 g/mol. The molecule has 21 heavy (non-hydrogen) atoms. The summed E-state index contributed by atoms with van der Waals surface area (Å²) in [5, 5.41) is 8.59. The molecule has 0 aromatic carbocycles. The van der Waals surface area contributed by atoms with Crippen LogP contribution in [0.2, 0.25) is 0 Å². The molecular formula is C14H15N5O2. The van der Waals surface area contributed by atoms with Gasteiger partial charge in [0.2, 0.25) is 0 Å². The van der Waals surface area contributed by atoms with Crippen molar-refractivity contribution in [3.05, 3.63) is 46.5 Å². The predicted octanol–water partition coefficient (Wildman–Crippen LogP) is 1.02. The smallest absolute Gasteiger partial charge is 0.276 e. The highest BCUT2D eigenvalue weighted by atomic mass is 16.2. The van der Waals surface area contributed by atoms with Crippen LogP contribution in [0.5, 0.6) is 0 Å². The third-order valence-electron chi connectivity index (χ3n) is 3.35. The van der Waals surface area contributed by atoms with Crippen LogP contribution in [-0.4, -0.2) is 34.2 Å². The molecule has 1 fully saturated rings. The van der Waals surface area contributed by atoms with Gasteiger partial charge >= 0.3 is 0 Å². The minimum Gasteiger partial charge on any atom is -0.357 e. The second-order valence-corrected chi connectivity index (χ2v) is 4.86. The first-order valence-corrected chi connectivity index (χ1v) is 6.80. The van der Waals surface area contributed by atoms with Gasteiger partial charge in [-0.3, -0.25) is 9.59 Å². The van der Waals surface area contributed by atoms with Gasteiger partial charge < -0.3 is 10.2 Å². The molecule has 2 aromatic heterocycles. The minimum atomic E-state index is -0.387. The summed E-state index contributed by atoms with van der Waals surface area (Å²) in [7, 11) is 0. The average molecular weight is 285 g/mol. The number of aromatic nitrogens is 3. The number of pyridine rings is 1. The number of nitrogens with one attached hydrogen (secondary N) is 2. The third-order valence-corrected chi connectivity index (χ3v) is 3.35. The van der Waals surface area contributed by atoms with Crippen LogP contribution in [-0.2, 0) is 0 Å². The summed E-state index contributed by atoms with van der Waals surface area (Å²) < 4.78 is 0. The van der Waals surface area contributed by atoms with Crippen LogP contribution in [0.25, 0.3) is 0 Å². The Balaban J connectivity index is 1.68. The van der Waals surface area contributed by atoms with Crippen molar-refractivity contribution in [3.8, 4) is 0 Å². The number of hydrogen-bond acceptors (Lipinski definition) is 5.